The Morgan fingerprint density at radius 2 is 2.56 bits per heavy atom. The molecule has 2 N–H and O–H groups in total. The lowest BCUT2D eigenvalue weighted by atomic mass is 9.81. The molecule has 0 aliphatic carbocycles. The molecule has 0 aromatic carbocycles. The van der Waals surface area contributed by atoms with E-state index in [2.05, 4.69) is 5.32 Å². The Hall–Kier alpha value is -0.0551. The van der Waals surface area contributed by atoms with Crippen molar-refractivity contribution >= 4 is 7.85 Å². The highest BCUT2D eigenvalue weighted by Crippen LogP contribution is 2.05. The molecule has 1 aliphatic heterocycles. The van der Waals surface area contributed by atoms with Gasteiger partial charge < -0.3 is 15.2 Å². The number of aliphatic hydroxyl groups excluding tert-OH is 1. The molecule has 2 radical (unpaired) electrons. The van der Waals surface area contributed by atoms with Gasteiger partial charge in [0.2, 0.25) is 0 Å². The summed E-state index contributed by atoms with van der Waals surface area (Å²) in [5.74, 6) is 0. The van der Waals surface area contributed by atoms with Crippen LogP contribution in [0.25, 0.3) is 0 Å². The van der Waals surface area contributed by atoms with Crippen molar-refractivity contribution in [3.8, 4) is 0 Å². The van der Waals surface area contributed by atoms with Gasteiger partial charge in [-0.15, -0.1) is 0 Å². The van der Waals surface area contributed by atoms with Crippen LogP contribution in [0.4, 0.5) is 0 Å². The molecule has 0 aromatic heterocycles. The number of ether oxygens (including phenoxy) is 1. The minimum absolute atomic E-state index is 0.125. The van der Waals surface area contributed by atoms with Gasteiger partial charge in [0.15, 0.2) is 0 Å². The molecule has 0 unspecified atom stereocenters. The molecule has 50 valence electrons. The van der Waals surface area contributed by atoms with E-state index in [1.54, 1.807) is 0 Å². The maximum absolute atomic E-state index is 8.66. The Bertz CT molecular complexity index is 93.0. The molecular formula is C5H10BNO2. The number of aliphatic hydroxyl groups is 1. The highest BCUT2D eigenvalue weighted by Gasteiger charge is 2.25. The summed E-state index contributed by atoms with van der Waals surface area (Å²) < 4.78 is 5.08. The number of hydrogen-bond acceptors (Lipinski definition) is 3. The minimum Gasteiger partial charge on any atom is -0.394 e. The highest BCUT2D eigenvalue weighted by molar-refractivity contribution is 6.14. The average molecular weight is 127 g/mol. The normalized spacial score (nSPS) is 36.6. The standard InChI is InChI=1S/C5H10BNO2/c6-5(4-8)3-7-1-2-9-5/h7-8H,1-4H2/t5-/m1/s1. The smallest absolute Gasteiger partial charge is 0.118 e. The Morgan fingerprint density at radius 3 is 2.89 bits per heavy atom. The van der Waals surface area contributed by atoms with Crippen LogP contribution in [0, 0.1) is 0 Å². The molecule has 1 atom stereocenters. The summed E-state index contributed by atoms with van der Waals surface area (Å²) in [5.41, 5.74) is -0.835. The second kappa shape index (κ2) is 2.69. The van der Waals surface area contributed by atoms with Crippen LogP contribution in [0.1, 0.15) is 0 Å². The van der Waals surface area contributed by atoms with Gasteiger partial charge in [0.25, 0.3) is 0 Å². The summed E-state index contributed by atoms with van der Waals surface area (Å²) in [5, 5.41) is 11.7. The van der Waals surface area contributed by atoms with Crippen LogP contribution in [-0.2, 0) is 4.74 Å². The molecule has 1 fully saturated rings. The summed E-state index contributed by atoms with van der Waals surface area (Å²) in [7, 11) is 5.52. The molecular weight excluding hydrogens is 117 g/mol. The van der Waals surface area contributed by atoms with Crippen LogP contribution in [0.3, 0.4) is 0 Å². The molecule has 0 spiro atoms. The summed E-state index contributed by atoms with van der Waals surface area (Å²) in [4.78, 5) is 0. The molecule has 1 saturated heterocycles. The van der Waals surface area contributed by atoms with E-state index < -0.39 is 5.50 Å². The number of morpholine rings is 1. The highest BCUT2D eigenvalue weighted by atomic mass is 16.5. The van der Waals surface area contributed by atoms with Gasteiger partial charge in [0.05, 0.1) is 18.7 Å². The number of nitrogens with one attached hydrogen (secondary N) is 1. The molecule has 1 rings (SSSR count). The fourth-order valence-corrected chi connectivity index (χ4v) is 0.779. The second-order valence-electron chi connectivity index (χ2n) is 2.25. The van der Waals surface area contributed by atoms with Gasteiger partial charge in [-0.3, -0.25) is 0 Å². The first kappa shape index (κ1) is 7.06. The quantitative estimate of drug-likeness (QED) is 0.419. The molecule has 0 amide bonds. The lowest BCUT2D eigenvalue weighted by Gasteiger charge is -2.33. The maximum atomic E-state index is 8.66. The van der Waals surface area contributed by atoms with Gasteiger partial charge in [-0.25, -0.2) is 0 Å². The van der Waals surface area contributed by atoms with Gasteiger partial charge in [0.1, 0.15) is 7.85 Å². The Morgan fingerprint density at radius 1 is 1.78 bits per heavy atom. The van der Waals surface area contributed by atoms with Crippen molar-refractivity contribution < 1.29 is 9.84 Å². The van der Waals surface area contributed by atoms with Crippen molar-refractivity contribution in [3.05, 3.63) is 0 Å². The van der Waals surface area contributed by atoms with Crippen LogP contribution in [0.2, 0.25) is 0 Å². The maximum Gasteiger partial charge on any atom is 0.118 e. The van der Waals surface area contributed by atoms with E-state index >= 15 is 0 Å². The summed E-state index contributed by atoms with van der Waals surface area (Å²) in [6.07, 6.45) is 0. The van der Waals surface area contributed by atoms with E-state index in [9.17, 15) is 0 Å². The zero-order valence-corrected chi connectivity index (χ0v) is 5.26. The topological polar surface area (TPSA) is 41.5 Å². The summed E-state index contributed by atoms with van der Waals surface area (Å²) in [6, 6.07) is 0. The average Bonchev–Trinajstić information content (AvgIpc) is 1.90. The summed E-state index contributed by atoms with van der Waals surface area (Å²) in [6.45, 7) is 1.81. The first-order valence-electron chi connectivity index (χ1n) is 3.01. The molecule has 3 nitrogen and oxygen atoms in total. The van der Waals surface area contributed by atoms with Crippen molar-refractivity contribution in [1.29, 1.82) is 0 Å². The first-order valence-corrected chi connectivity index (χ1v) is 3.01. The molecule has 1 aliphatic rings. The van der Waals surface area contributed by atoms with Crippen molar-refractivity contribution in [2.45, 2.75) is 5.50 Å². The van der Waals surface area contributed by atoms with E-state index in [1.807, 2.05) is 0 Å². The monoisotopic (exact) mass is 127 g/mol. The molecule has 1 heterocycles. The van der Waals surface area contributed by atoms with Crippen molar-refractivity contribution in [1.82, 2.24) is 5.32 Å². The van der Waals surface area contributed by atoms with Crippen LogP contribution in [0.15, 0.2) is 0 Å². The Kier molecular flexibility index (Phi) is 2.11. The second-order valence-corrected chi connectivity index (χ2v) is 2.25. The lowest BCUT2D eigenvalue weighted by Crippen LogP contribution is -2.52. The van der Waals surface area contributed by atoms with E-state index in [0.717, 1.165) is 6.54 Å². The number of hydrogen-bond donors (Lipinski definition) is 2. The van der Waals surface area contributed by atoms with Crippen LogP contribution in [0.5, 0.6) is 0 Å². The van der Waals surface area contributed by atoms with Crippen LogP contribution in [-0.4, -0.2) is 44.8 Å². The van der Waals surface area contributed by atoms with Gasteiger partial charge in [-0.05, 0) is 0 Å². The molecule has 9 heavy (non-hydrogen) atoms. The predicted octanol–water partition coefficient (Wildman–Crippen LogP) is -1.54. The van der Waals surface area contributed by atoms with Gasteiger partial charge in [-0.2, -0.15) is 0 Å². The van der Waals surface area contributed by atoms with Gasteiger partial charge in [0, 0.05) is 13.1 Å². The summed E-state index contributed by atoms with van der Waals surface area (Å²) >= 11 is 0. The fourth-order valence-electron chi connectivity index (χ4n) is 0.779. The van der Waals surface area contributed by atoms with Gasteiger partial charge >= 0.3 is 0 Å². The largest absolute Gasteiger partial charge is 0.394 e. The number of rotatable bonds is 1. The Balaban J connectivity index is 2.37. The lowest BCUT2D eigenvalue weighted by molar-refractivity contribution is -0.0383. The molecule has 0 bridgehead atoms. The van der Waals surface area contributed by atoms with Crippen molar-refractivity contribution in [2.75, 3.05) is 26.3 Å². The zero-order valence-electron chi connectivity index (χ0n) is 5.26. The molecule has 4 heteroatoms. The van der Waals surface area contributed by atoms with Crippen LogP contribution >= 0.6 is 0 Å². The van der Waals surface area contributed by atoms with Crippen molar-refractivity contribution in [2.24, 2.45) is 0 Å². The van der Waals surface area contributed by atoms with E-state index in [1.165, 1.54) is 0 Å². The van der Waals surface area contributed by atoms with Crippen molar-refractivity contribution in [3.63, 3.8) is 0 Å². The Labute approximate surface area is 55.8 Å². The first-order chi connectivity index (χ1) is 4.27. The van der Waals surface area contributed by atoms with E-state index in [4.69, 9.17) is 17.7 Å². The SMILES string of the molecule is [B][C@]1(CO)CNCCO1. The molecule has 0 aromatic rings. The fraction of sp³-hybridized carbons (Fsp3) is 1.00. The third-order valence-corrected chi connectivity index (χ3v) is 1.36. The van der Waals surface area contributed by atoms with E-state index in [0.29, 0.717) is 13.2 Å². The third kappa shape index (κ3) is 1.68. The molecule has 0 saturated carbocycles. The van der Waals surface area contributed by atoms with Gasteiger partial charge in [-0.1, -0.05) is 0 Å². The minimum atomic E-state index is -0.835. The zero-order chi connectivity index (χ0) is 6.74. The predicted molar refractivity (Wildman–Crippen MR) is 34.4 cm³/mol. The third-order valence-electron chi connectivity index (χ3n) is 1.36. The van der Waals surface area contributed by atoms with E-state index in [-0.39, 0.29) is 6.61 Å². The van der Waals surface area contributed by atoms with Crippen LogP contribution < -0.4 is 5.32 Å².